The average Bonchev–Trinajstić information content (AvgIpc) is 2.55. The van der Waals surface area contributed by atoms with Gasteiger partial charge in [0.2, 0.25) is 5.91 Å². The van der Waals surface area contributed by atoms with Crippen LogP contribution in [-0.2, 0) is 4.79 Å². The van der Waals surface area contributed by atoms with E-state index in [1.807, 2.05) is 6.92 Å². The molecule has 0 saturated carbocycles. The molecule has 2 saturated heterocycles. The largest absolute Gasteiger partial charge is 0.353 e. The Morgan fingerprint density at radius 3 is 2.24 bits per heavy atom. The number of piperidine rings is 1. The minimum absolute atomic E-state index is 0.0516. The van der Waals surface area contributed by atoms with Gasteiger partial charge in [-0.2, -0.15) is 0 Å². The Balaban J connectivity index is 1.87. The standard InChI is InChI=1S/C14H26N2O/c1-9(14(2,3)4)13(17)16-12-7-10-5-6-11(8-12)15-10/h9-12,15H,5-8H2,1-4H3,(H,16,17). The van der Waals surface area contributed by atoms with Gasteiger partial charge in [-0.05, 0) is 31.1 Å². The molecule has 0 aromatic heterocycles. The van der Waals surface area contributed by atoms with Crippen molar-refractivity contribution in [2.24, 2.45) is 11.3 Å². The van der Waals surface area contributed by atoms with Crippen LogP contribution >= 0.6 is 0 Å². The van der Waals surface area contributed by atoms with Crippen molar-refractivity contribution in [2.75, 3.05) is 0 Å². The third kappa shape index (κ3) is 3.01. The van der Waals surface area contributed by atoms with E-state index in [2.05, 4.69) is 31.4 Å². The average molecular weight is 238 g/mol. The number of carbonyl (C=O) groups is 1. The number of amides is 1. The molecule has 2 aliphatic rings. The Morgan fingerprint density at radius 1 is 1.24 bits per heavy atom. The highest BCUT2D eigenvalue weighted by Gasteiger charge is 2.35. The lowest BCUT2D eigenvalue weighted by molar-refractivity contribution is -0.128. The zero-order valence-electron chi connectivity index (χ0n) is 11.5. The van der Waals surface area contributed by atoms with Crippen LogP contribution in [0.5, 0.6) is 0 Å². The van der Waals surface area contributed by atoms with Gasteiger partial charge in [0.25, 0.3) is 0 Å². The molecular weight excluding hydrogens is 212 g/mol. The predicted molar refractivity (Wildman–Crippen MR) is 69.7 cm³/mol. The third-order valence-corrected chi connectivity index (χ3v) is 4.51. The molecule has 2 rings (SSSR count). The second-order valence-corrected chi connectivity index (χ2v) is 6.90. The van der Waals surface area contributed by atoms with Crippen molar-refractivity contribution < 1.29 is 4.79 Å². The van der Waals surface area contributed by atoms with Crippen molar-refractivity contribution >= 4 is 5.91 Å². The van der Waals surface area contributed by atoms with Crippen LogP contribution in [0.4, 0.5) is 0 Å². The summed E-state index contributed by atoms with van der Waals surface area (Å²) < 4.78 is 0. The van der Waals surface area contributed by atoms with Gasteiger partial charge in [-0.3, -0.25) is 4.79 Å². The van der Waals surface area contributed by atoms with Gasteiger partial charge in [-0.1, -0.05) is 27.7 Å². The van der Waals surface area contributed by atoms with Crippen molar-refractivity contribution in [3.63, 3.8) is 0 Å². The van der Waals surface area contributed by atoms with Gasteiger partial charge in [-0.15, -0.1) is 0 Å². The molecule has 3 heteroatoms. The van der Waals surface area contributed by atoms with Crippen LogP contribution in [0.2, 0.25) is 0 Å². The van der Waals surface area contributed by atoms with E-state index in [1.54, 1.807) is 0 Å². The highest BCUT2D eigenvalue weighted by molar-refractivity contribution is 5.79. The molecule has 3 unspecified atom stereocenters. The molecule has 2 heterocycles. The van der Waals surface area contributed by atoms with Crippen molar-refractivity contribution in [3.8, 4) is 0 Å². The molecule has 3 atom stereocenters. The Labute approximate surface area is 105 Å². The summed E-state index contributed by atoms with van der Waals surface area (Å²) in [6.07, 6.45) is 4.79. The second-order valence-electron chi connectivity index (χ2n) is 6.90. The van der Waals surface area contributed by atoms with Crippen LogP contribution in [0, 0.1) is 11.3 Å². The number of hydrogen-bond acceptors (Lipinski definition) is 2. The summed E-state index contributed by atoms with van der Waals surface area (Å²) in [5, 5.41) is 6.85. The highest BCUT2D eigenvalue weighted by atomic mass is 16.2. The first-order chi connectivity index (χ1) is 7.86. The SMILES string of the molecule is CC(C(=O)NC1CC2CCC(C1)N2)C(C)(C)C. The summed E-state index contributed by atoms with van der Waals surface area (Å²) >= 11 is 0. The van der Waals surface area contributed by atoms with Crippen LogP contribution in [0.3, 0.4) is 0 Å². The Kier molecular flexibility index (Phi) is 3.48. The molecule has 1 amide bonds. The predicted octanol–water partition coefficient (Wildman–Crippen LogP) is 2.07. The summed E-state index contributed by atoms with van der Waals surface area (Å²) in [7, 11) is 0. The summed E-state index contributed by atoms with van der Waals surface area (Å²) in [6, 6.07) is 1.68. The van der Waals surface area contributed by atoms with E-state index in [0.717, 1.165) is 12.8 Å². The maximum absolute atomic E-state index is 12.2. The number of nitrogens with one attached hydrogen (secondary N) is 2. The van der Waals surface area contributed by atoms with Gasteiger partial charge in [-0.25, -0.2) is 0 Å². The molecule has 98 valence electrons. The quantitative estimate of drug-likeness (QED) is 0.773. The van der Waals surface area contributed by atoms with E-state index in [4.69, 9.17) is 0 Å². The number of rotatable bonds is 2. The third-order valence-electron chi connectivity index (χ3n) is 4.51. The molecule has 2 aliphatic heterocycles. The smallest absolute Gasteiger partial charge is 0.223 e. The van der Waals surface area contributed by atoms with Crippen molar-refractivity contribution in [3.05, 3.63) is 0 Å². The second kappa shape index (κ2) is 4.60. The van der Waals surface area contributed by atoms with Crippen LogP contribution in [0.15, 0.2) is 0 Å². The van der Waals surface area contributed by atoms with Crippen LogP contribution in [-0.4, -0.2) is 24.0 Å². The van der Waals surface area contributed by atoms with E-state index in [1.165, 1.54) is 12.8 Å². The normalized spacial score (nSPS) is 34.5. The maximum atomic E-state index is 12.2. The first-order valence-corrected chi connectivity index (χ1v) is 6.92. The van der Waals surface area contributed by atoms with Gasteiger partial charge in [0, 0.05) is 24.0 Å². The maximum Gasteiger partial charge on any atom is 0.223 e. The van der Waals surface area contributed by atoms with Crippen LogP contribution in [0.25, 0.3) is 0 Å². The van der Waals surface area contributed by atoms with E-state index in [0.29, 0.717) is 18.1 Å². The Morgan fingerprint density at radius 2 is 1.76 bits per heavy atom. The van der Waals surface area contributed by atoms with E-state index >= 15 is 0 Å². The summed E-state index contributed by atoms with van der Waals surface area (Å²) in [4.78, 5) is 12.2. The molecule has 2 N–H and O–H groups in total. The minimum atomic E-state index is 0.0516. The highest BCUT2D eigenvalue weighted by Crippen LogP contribution is 2.29. The van der Waals surface area contributed by atoms with E-state index in [9.17, 15) is 4.79 Å². The number of fused-ring (bicyclic) bond motifs is 2. The number of carbonyl (C=O) groups excluding carboxylic acids is 1. The first kappa shape index (κ1) is 12.9. The molecule has 2 fully saturated rings. The molecule has 17 heavy (non-hydrogen) atoms. The lowest BCUT2D eigenvalue weighted by atomic mass is 9.81. The summed E-state index contributed by atoms with van der Waals surface area (Å²) in [6.45, 7) is 8.42. The van der Waals surface area contributed by atoms with Crippen LogP contribution < -0.4 is 10.6 Å². The van der Waals surface area contributed by atoms with Crippen molar-refractivity contribution in [1.82, 2.24) is 10.6 Å². The topological polar surface area (TPSA) is 41.1 Å². The van der Waals surface area contributed by atoms with Gasteiger partial charge in [0.15, 0.2) is 0 Å². The molecule has 0 aliphatic carbocycles. The van der Waals surface area contributed by atoms with E-state index < -0.39 is 0 Å². The van der Waals surface area contributed by atoms with Crippen LogP contribution in [0.1, 0.15) is 53.4 Å². The fraction of sp³-hybridized carbons (Fsp3) is 0.929. The van der Waals surface area contributed by atoms with Gasteiger partial charge >= 0.3 is 0 Å². The van der Waals surface area contributed by atoms with E-state index in [-0.39, 0.29) is 17.2 Å². The van der Waals surface area contributed by atoms with Gasteiger partial charge in [0.1, 0.15) is 0 Å². The lowest BCUT2D eigenvalue weighted by Crippen LogP contribution is -2.50. The van der Waals surface area contributed by atoms with Gasteiger partial charge < -0.3 is 10.6 Å². The first-order valence-electron chi connectivity index (χ1n) is 6.92. The molecule has 0 aromatic carbocycles. The monoisotopic (exact) mass is 238 g/mol. The van der Waals surface area contributed by atoms with Crippen molar-refractivity contribution in [1.29, 1.82) is 0 Å². The zero-order chi connectivity index (χ0) is 12.6. The Bertz CT molecular complexity index is 283. The fourth-order valence-corrected chi connectivity index (χ4v) is 2.89. The fourth-order valence-electron chi connectivity index (χ4n) is 2.89. The molecule has 0 spiro atoms. The molecular formula is C14H26N2O. The minimum Gasteiger partial charge on any atom is -0.353 e. The summed E-state index contributed by atoms with van der Waals surface area (Å²) in [5.74, 6) is 0.304. The zero-order valence-corrected chi connectivity index (χ0v) is 11.5. The lowest BCUT2D eigenvalue weighted by Gasteiger charge is -2.33. The number of hydrogen-bond donors (Lipinski definition) is 2. The molecule has 0 aromatic rings. The molecule has 2 bridgehead atoms. The summed E-state index contributed by atoms with van der Waals surface area (Å²) in [5.41, 5.74) is 0.0516. The van der Waals surface area contributed by atoms with Crippen molar-refractivity contribution in [2.45, 2.75) is 71.5 Å². The molecule has 3 nitrogen and oxygen atoms in total. The molecule has 0 radical (unpaired) electrons. The Hall–Kier alpha value is -0.570. The van der Waals surface area contributed by atoms with Gasteiger partial charge in [0.05, 0.1) is 0 Å².